The Morgan fingerprint density at radius 2 is 1.93 bits per heavy atom. The van der Waals surface area contributed by atoms with Crippen molar-refractivity contribution in [3.05, 3.63) is 41.7 Å². The van der Waals surface area contributed by atoms with Crippen LogP contribution < -0.4 is 0 Å². The molecule has 0 radical (unpaired) electrons. The number of hydrogen-bond acceptors (Lipinski definition) is 4. The molecule has 2 aromatic heterocycles. The first kappa shape index (κ1) is 9.51. The van der Waals surface area contributed by atoms with Crippen LogP contribution in [0, 0.1) is 19.3 Å². The van der Waals surface area contributed by atoms with Gasteiger partial charge in [-0.25, -0.2) is 0 Å². The summed E-state index contributed by atoms with van der Waals surface area (Å²) in [5.74, 6) is 1.77. The Morgan fingerprint density at radius 1 is 1.27 bits per heavy atom. The molecule has 0 atom stereocenters. The van der Waals surface area contributed by atoms with Gasteiger partial charge in [0.2, 0.25) is 0 Å². The molecule has 5 nitrogen and oxygen atoms in total. The van der Waals surface area contributed by atoms with Gasteiger partial charge in [0.15, 0.2) is 0 Å². The second kappa shape index (κ2) is 3.61. The zero-order valence-electron chi connectivity index (χ0n) is 8.60. The van der Waals surface area contributed by atoms with Gasteiger partial charge in [-0.2, -0.15) is 0 Å². The van der Waals surface area contributed by atoms with Gasteiger partial charge < -0.3 is 0 Å². The maximum atomic E-state index is 8.01. The quantitative estimate of drug-likeness (QED) is 0.556. The third-order valence-corrected chi connectivity index (χ3v) is 2.15. The Labute approximate surface area is 87.3 Å². The maximum Gasteiger partial charge on any atom is 0.140 e. The highest BCUT2D eigenvalue weighted by Gasteiger charge is 2.10. The summed E-state index contributed by atoms with van der Waals surface area (Å²) < 4.78 is 1.69. The molecule has 0 aromatic carbocycles. The van der Waals surface area contributed by atoms with Crippen LogP contribution in [0.4, 0.5) is 0 Å². The van der Waals surface area contributed by atoms with Crippen molar-refractivity contribution in [3.8, 4) is 0 Å². The van der Waals surface area contributed by atoms with Crippen LogP contribution in [0.3, 0.4) is 0 Å². The molecule has 2 aromatic rings. The lowest BCUT2D eigenvalue weighted by atomic mass is 10.2. The molecule has 2 heterocycles. The van der Waals surface area contributed by atoms with Crippen molar-refractivity contribution in [1.82, 2.24) is 19.7 Å². The van der Waals surface area contributed by atoms with Crippen molar-refractivity contribution in [1.29, 1.82) is 5.41 Å². The van der Waals surface area contributed by atoms with E-state index in [0.29, 0.717) is 17.5 Å². The SMILES string of the molecule is Cc1nnc(C)n1C(=N)c1cccnc1. The van der Waals surface area contributed by atoms with Crippen LogP contribution in [0.15, 0.2) is 24.5 Å². The third kappa shape index (κ3) is 1.63. The highest BCUT2D eigenvalue weighted by molar-refractivity contribution is 5.98. The van der Waals surface area contributed by atoms with Crippen LogP contribution in [0.25, 0.3) is 0 Å². The standard InChI is InChI=1S/C10H11N5/c1-7-13-14-8(2)15(7)10(11)9-4-3-5-12-6-9/h3-6,11H,1-2H3. The van der Waals surface area contributed by atoms with E-state index in [9.17, 15) is 0 Å². The van der Waals surface area contributed by atoms with E-state index in [4.69, 9.17) is 5.41 Å². The summed E-state index contributed by atoms with van der Waals surface area (Å²) in [5, 5.41) is 15.8. The molecule has 0 bridgehead atoms. The first-order chi connectivity index (χ1) is 7.20. The molecule has 76 valence electrons. The maximum absolute atomic E-state index is 8.01. The Kier molecular flexibility index (Phi) is 2.29. The number of aromatic nitrogens is 4. The van der Waals surface area contributed by atoms with E-state index in [-0.39, 0.29) is 0 Å². The van der Waals surface area contributed by atoms with Gasteiger partial charge >= 0.3 is 0 Å². The summed E-state index contributed by atoms with van der Waals surface area (Å²) in [6.45, 7) is 3.65. The predicted molar refractivity (Wildman–Crippen MR) is 56.0 cm³/mol. The zero-order chi connectivity index (χ0) is 10.8. The van der Waals surface area contributed by atoms with Crippen molar-refractivity contribution < 1.29 is 0 Å². The number of nitrogens with zero attached hydrogens (tertiary/aromatic N) is 4. The summed E-state index contributed by atoms with van der Waals surface area (Å²) in [7, 11) is 0. The topological polar surface area (TPSA) is 67.5 Å². The van der Waals surface area contributed by atoms with Crippen molar-refractivity contribution in [2.45, 2.75) is 13.8 Å². The van der Waals surface area contributed by atoms with Crippen molar-refractivity contribution in [2.75, 3.05) is 0 Å². The second-order valence-corrected chi connectivity index (χ2v) is 3.22. The van der Waals surface area contributed by atoms with E-state index in [1.165, 1.54) is 0 Å². The molecule has 0 saturated heterocycles. The van der Waals surface area contributed by atoms with Crippen LogP contribution in [0.1, 0.15) is 17.2 Å². The Hall–Kier alpha value is -2.04. The fourth-order valence-electron chi connectivity index (χ4n) is 1.42. The molecule has 0 amide bonds. The monoisotopic (exact) mass is 201 g/mol. The van der Waals surface area contributed by atoms with Gasteiger partial charge in [0.25, 0.3) is 0 Å². The average Bonchev–Trinajstić information content (AvgIpc) is 2.59. The molecular formula is C10H11N5. The van der Waals surface area contributed by atoms with Gasteiger partial charge in [0.05, 0.1) is 0 Å². The minimum Gasteiger partial charge on any atom is -0.283 e. The third-order valence-electron chi connectivity index (χ3n) is 2.15. The normalized spacial score (nSPS) is 10.3. The van der Waals surface area contributed by atoms with E-state index < -0.39 is 0 Å². The Morgan fingerprint density at radius 3 is 2.47 bits per heavy atom. The van der Waals surface area contributed by atoms with E-state index >= 15 is 0 Å². The number of rotatable bonds is 1. The lowest BCUT2D eigenvalue weighted by molar-refractivity contribution is 0.979. The predicted octanol–water partition coefficient (Wildman–Crippen LogP) is 1.16. The molecule has 0 saturated carbocycles. The van der Waals surface area contributed by atoms with Crippen molar-refractivity contribution >= 4 is 5.84 Å². The zero-order valence-corrected chi connectivity index (χ0v) is 8.60. The van der Waals surface area contributed by atoms with Gasteiger partial charge in [-0.3, -0.25) is 15.0 Å². The summed E-state index contributed by atoms with van der Waals surface area (Å²) in [4.78, 5) is 3.98. The fourth-order valence-corrected chi connectivity index (χ4v) is 1.42. The van der Waals surface area contributed by atoms with Crippen LogP contribution in [-0.4, -0.2) is 25.6 Å². The molecule has 0 spiro atoms. The Balaban J connectivity index is 2.46. The first-order valence-electron chi connectivity index (χ1n) is 4.58. The first-order valence-corrected chi connectivity index (χ1v) is 4.58. The van der Waals surface area contributed by atoms with Gasteiger partial charge in [0, 0.05) is 18.0 Å². The van der Waals surface area contributed by atoms with Gasteiger partial charge in [-0.1, -0.05) is 0 Å². The second-order valence-electron chi connectivity index (χ2n) is 3.22. The number of aryl methyl sites for hydroxylation is 2. The molecule has 0 aliphatic rings. The molecule has 0 aliphatic carbocycles. The molecule has 0 fully saturated rings. The molecule has 5 heteroatoms. The van der Waals surface area contributed by atoms with Crippen molar-refractivity contribution in [2.24, 2.45) is 0 Å². The van der Waals surface area contributed by atoms with Crippen LogP contribution in [-0.2, 0) is 0 Å². The molecule has 0 aliphatic heterocycles. The number of nitrogens with one attached hydrogen (secondary N) is 1. The van der Waals surface area contributed by atoms with Gasteiger partial charge in [0.1, 0.15) is 17.5 Å². The molecule has 1 N–H and O–H groups in total. The van der Waals surface area contributed by atoms with Crippen LogP contribution in [0.2, 0.25) is 0 Å². The molecule has 2 rings (SSSR count). The minimum absolute atomic E-state index is 0.350. The van der Waals surface area contributed by atoms with Crippen molar-refractivity contribution in [3.63, 3.8) is 0 Å². The van der Waals surface area contributed by atoms with E-state index in [0.717, 1.165) is 5.56 Å². The molecule has 15 heavy (non-hydrogen) atoms. The summed E-state index contributed by atoms with van der Waals surface area (Å²) >= 11 is 0. The summed E-state index contributed by atoms with van der Waals surface area (Å²) in [5.41, 5.74) is 0.753. The Bertz CT molecular complexity index is 466. The van der Waals surface area contributed by atoms with Gasteiger partial charge in [-0.05, 0) is 26.0 Å². The molecular weight excluding hydrogens is 190 g/mol. The average molecular weight is 201 g/mol. The lowest BCUT2D eigenvalue weighted by Gasteiger charge is -2.07. The van der Waals surface area contributed by atoms with Crippen LogP contribution >= 0.6 is 0 Å². The number of pyridine rings is 1. The fraction of sp³-hybridized carbons (Fsp3) is 0.200. The number of hydrogen-bond donors (Lipinski definition) is 1. The minimum atomic E-state index is 0.350. The summed E-state index contributed by atoms with van der Waals surface area (Å²) in [6, 6.07) is 3.65. The highest BCUT2D eigenvalue weighted by atomic mass is 15.3. The largest absolute Gasteiger partial charge is 0.283 e. The van der Waals surface area contributed by atoms with Gasteiger partial charge in [-0.15, -0.1) is 10.2 Å². The van der Waals surface area contributed by atoms with E-state index in [2.05, 4.69) is 15.2 Å². The highest BCUT2D eigenvalue weighted by Crippen LogP contribution is 2.05. The lowest BCUT2D eigenvalue weighted by Crippen LogP contribution is -2.15. The van der Waals surface area contributed by atoms with E-state index in [1.807, 2.05) is 19.9 Å². The smallest absolute Gasteiger partial charge is 0.140 e. The molecule has 0 unspecified atom stereocenters. The summed E-state index contributed by atoms with van der Waals surface area (Å²) in [6.07, 6.45) is 3.34. The van der Waals surface area contributed by atoms with Crippen LogP contribution in [0.5, 0.6) is 0 Å². The van der Waals surface area contributed by atoms with E-state index in [1.54, 1.807) is 23.0 Å².